The van der Waals surface area contributed by atoms with Crippen molar-refractivity contribution in [1.82, 2.24) is 9.97 Å². The SMILES string of the molecule is CSc1nc(C)c(C(C)=O)c(Nc2cccc(C(F)(F)F)c2)n1. The lowest BCUT2D eigenvalue weighted by atomic mass is 10.1. The number of aromatic nitrogens is 2. The summed E-state index contributed by atoms with van der Waals surface area (Å²) >= 11 is 1.28. The molecule has 23 heavy (non-hydrogen) atoms. The Kier molecular flexibility index (Phi) is 4.93. The quantitative estimate of drug-likeness (QED) is 0.505. The van der Waals surface area contributed by atoms with Crippen LogP contribution >= 0.6 is 11.8 Å². The van der Waals surface area contributed by atoms with E-state index >= 15 is 0 Å². The van der Waals surface area contributed by atoms with E-state index in [4.69, 9.17) is 0 Å². The topological polar surface area (TPSA) is 54.9 Å². The van der Waals surface area contributed by atoms with Crippen LogP contribution in [-0.2, 0) is 6.18 Å². The van der Waals surface area contributed by atoms with Crippen molar-refractivity contribution in [3.8, 4) is 0 Å². The number of Topliss-reactive ketones (excluding diaryl/α,β-unsaturated/α-hetero) is 1. The van der Waals surface area contributed by atoms with Crippen molar-refractivity contribution in [2.24, 2.45) is 0 Å². The van der Waals surface area contributed by atoms with Gasteiger partial charge in [-0.15, -0.1) is 0 Å². The highest BCUT2D eigenvalue weighted by molar-refractivity contribution is 7.98. The number of halogens is 3. The molecule has 2 aromatic rings. The molecule has 4 nitrogen and oxygen atoms in total. The first-order valence-electron chi connectivity index (χ1n) is 6.60. The van der Waals surface area contributed by atoms with Crippen LogP contribution in [0.3, 0.4) is 0 Å². The molecule has 0 amide bonds. The van der Waals surface area contributed by atoms with Gasteiger partial charge in [0.2, 0.25) is 0 Å². The second kappa shape index (κ2) is 6.57. The van der Waals surface area contributed by atoms with Crippen molar-refractivity contribution in [2.75, 3.05) is 11.6 Å². The van der Waals surface area contributed by atoms with E-state index < -0.39 is 11.7 Å². The molecular formula is C15H14F3N3OS. The summed E-state index contributed by atoms with van der Waals surface area (Å²) in [5.41, 5.74) is 0.168. The van der Waals surface area contributed by atoms with Gasteiger partial charge in [-0.2, -0.15) is 13.2 Å². The molecule has 0 fully saturated rings. The predicted molar refractivity (Wildman–Crippen MR) is 83.3 cm³/mol. The van der Waals surface area contributed by atoms with Crippen LogP contribution in [0.4, 0.5) is 24.7 Å². The number of aryl methyl sites for hydroxylation is 1. The van der Waals surface area contributed by atoms with Gasteiger partial charge in [0.1, 0.15) is 5.82 Å². The summed E-state index contributed by atoms with van der Waals surface area (Å²) in [7, 11) is 0. The maximum atomic E-state index is 12.8. The Morgan fingerprint density at radius 3 is 2.52 bits per heavy atom. The van der Waals surface area contributed by atoms with E-state index in [1.54, 1.807) is 13.2 Å². The lowest BCUT2D eigenvalue weighted by molar-refractivity contribution is -0.137. The number of hydrogen-bond donors (Lipinski definition) is 1. The summed E-state index contributed by atoms with van der Waals surface area (Å²) in [5, 5.41) is 3.23. The van der Waals surface area contributed by atoms with Crippen LogP contribution in [0, 0.1) is 6.92 Å². The van der Waals surface area contributed by atoms with Gasteiger partial charge in [0.15, 0.2) is 10.9 Å². The molecule has 1 aromatic heterocycles. The Labute approximate surface area is 135 Å². The zero-order valence-corrected chi connectivity index (χ0v) is 13.5. The third-order valence-electron chi connectivity index (χ3n) is 3.06. The fourth-order valence-corrected chi connectivity index (χ4v) is 2.47. The minimum Gasteiger partial charge on any atom is -0.339 e. The van der Waals surface area contributed by atoms with Gasteiger partial charge in [-0.1, -0.05) is 17.8 Å². The van der Waals surface area contributed by atoms with E-state index in [0.717, 1.165) is 12.1 Å². The van der Waals surface area contributed by atoms with Gasteiger partial charge in [0, 0.05) is 5.69 Å². The second-order valence-electron chi connectivity index (χ2n) is 4.78. The van der Waals surface area contributed by atoms with Gasteiger partial charge in [-0.3, -0.25) is 4.79 Å². The van der Waals surface area contributed by atoms with Crippen LogP contribution < -0.4 is 5.32 Å². The van der Waals surface area contributed by atoms with Crippen LogP contribution in [0.1, 0.15) is 28.5 Å². The van der Waals surface area contributed by atoms with Crippen molar-refractivity contribution in [1.29, 1.82) is 0 Å². The molecule has 1 aromatic carbocycles. The molecule has 1 N–H and O–H groups in total. The average molecular weight is 341 g/mol. The van der Waals surface area contributed by atoms with Crippen molar-refractivity contribution >= 4 is 29.1 Å². The molecule has 0 bridgehead atoms. The molecule has 0 atom stereocenters. The Bertz CT molecular complexity index is 747. The predicted octanol–water partition coefficient (Wildman–Crippen LogP) is 4.47. The molecular weight excluding hydrogens is 327 g/mol. The Morgan fingerprint density at radius 1 is 1.26 bits per heavy atom. The standard InChI is InChI=1S/C15H14F3N3OS/c1-8-12(9(2)22)13(21-14(19-8)23-3)20-11-6-4-5-10(7-11)15(16,17)18/h4-7H,1-3H3,(H,19,20,21). The highest BCUT2D eigenvalue weighted by atomic mass is 32.2. The average Bonchev–Trinajstić information content (AvgIpc) is 2.45. The molecule has 122 valence electrons. The summed E-state index contributed by atoms with van der Waals surface area (Å²) in [4.78, 5) is 20.2. The lowest BCUT2D eigenvalue weighted by Crippen LogP contribution is -2.09. The number of carbonyl (C=O) groups is 1. The Hall–Kier alpha value is -2.09. The monoisotopic (exact) mass is 341 g/mol. The van der Waals surface area contributed by atoms with Crippen LogP contribution in [0.5, 0.6) is 0 Å². The minimum absolute atomic E-state index is 0.201. The van der Waals surface area contributed by atoms with Crippen molar-refractivity contribution in [3.05, 3.63) is 41.1 Å². The number of nitrogens with zero attached hydrogens (tertiary/aromatic N) is 2. The van der Waals surface area contributed by atoms with E-state index in [-0.39, 0.29) is 22.9 Å². The third-order valence-corrected chi connectivity index (χ3v) is 3.60. The van der Waals surface area contributed by atoms with Gasteiger partial charge in [-0.05, 0) is 38.3 Å². The molecule has 0 radical (unpaired) electrons. The van der Waals surface area contributed by atoms with E-state index in [2.05, 4.69) is 15.3 Å². The van der Waals surface area contributed by atoms with Gasteiger partial charge in [-0.25, -0.2) is 9.97 Å². The van der Waals surface area contributed by atoms with E-state index in [0.29, 0.717) is 10.9 Å². The van der Waals surface area contributed by atoms with E-state index in [1.807, 2.05) is 0 Å². The number of alkyl halides is 3. The Morgan fingerprint density at radius 2 is 1.96 bits per heavy atom. The first kappa shape index (κ1) is 17.3. The van der Waals surface area contributed by atoms with Gasteiger partial charge in [0.05, 0.1) is 16.8 Å². The first-order chi connectivity index (χ1) is 10.7. The van der Waals surface area contributed by atoms with Crippen LogP contribution in [0.25, 0.3) is 0 Å². The Balaban J connectivity index is 2.47. The highest BCUT2D eigenvalue weighted by Gasteiger charge is 2.30. The highest BCUT2D eigenvalue weighted by Crippen LogP contribution is 2.32. The van der Waals surface area contributed by atoms with Crippen molar-refractivity contribution in [2.45, 2.75) is 25.2 Å². The van der Waals surface area contributed by atoms with E-state index in [9.17, 15) is 18.0 Å². The summed E-state index contributed by atoms with van der Waals surface area (Å²) in [5.74, 6) is -0.0571. The molecule has 0 unspecified atom stereocenters. The largest absolute Gasteiger partial charge is 0.416 e. The van der Waals surface area contributed by atoms with Gasteiger partial charge < -0.3 is 5.32 Å². The molecule has 0 aliphatic heterocycles. The molecule has 0 aliphatic rings. The third kappa shape index (κ3) is 4.01. The summed E-state index contributed by atoms with van der Waals surface area (Å²) in [6.45, 7) is 3.03. The number of carbonyl (C=O) groups excluding carboxylic acids is 1. The smallest absolute Gasteiger partial charge is 0.339 e. The van der Waals surface area contributed by atoms with Crippen LogP contribution in [0.2, 0.25) is 0 Å². The number of thioether (sulfide) groups is 1. The molecule has 8 heteroatoms. The number of hydrogen-bond acceptors (Lipinski definition) is 5. The maximum Gasteiger partial charge on any atom is 0.416 e. The molecule has 0 spiro atoms. The van der Waals surface area contributed by atoms with Crippen molar-refractivity contribution in [3.63, 3.8) is 0 Å². The lowest BCUT2D eigenvalue weighted by Gasteiger charge is -2.14. The van der Waals surface area contributed by atoms with Crippen molar-refractivity contribution < 1.29 is 18.0 Å². The second-order valence-corrected chi connectivity index (χ2v) is 5.55. The fourth-order valence-electron chi connectivity index (χ4n) is 2.06. The van der Waals surface area contributed by atoms with Gasteiger partial charge in [0.25, 0.3) is 0 Å². The number of ketones is 1. The molecule has 0 saturated heterocycles. The van der Waals surface area contributed by atoms with E-state index in [1.165, 1.54) is 30.8 Å². The number of rotatable bonds is 4. The molecule has 0 saturated carbocycles. The summed E-state index contributed by atoms with van der Waals surface area (Å²) < 4.78 is 38.4. The fraction of sp³-hybridized carbons (Fsp3) is 0.267. The number of nitrogens with one attached hydrogen (secondary N) is 1. The normalized spacial score (nSPS) is 11.4. The van der Waals surface area contributed by atoms with Gasteiger partial charge >= 0.3 is 6.18 Å². The number of anilines is 2. The summed E-state index contributed by atoms with van der Waals surface area (Å²) in [6, 6.07) is 4.73. The number of benzene rings is 1. The molecule has 1 heterocycles. The minimum atomic E-state index is -4.44. The maximum absolute atomic E-state index is 12.8. The van der Waals surface area contributed by atoms with Crippen LogP contribution in [-0.4, -0.2) is 22.0 Å². The first-order valence-corrected chi connectivity index (χ1v) is 7.82. The zero-order valence-electron chi connectivity index (χ0n) is 12.7. The zero-order chi connectivity index (χ0) is 17.2. The molecule has 2 rings (SSSR count). The summed E-state index contributed by atoms with van der Waals surface area (Å²) in [6.07, 6.45) is -2.66. The molecule has 0 aliphatic carbocycles. The van der Waals surface area contributed by atoms with Crippen LogP contribution in [0.15, 0.2) is 29.4 Å².